The summed E-state index contributed by atoms with van der Waals surface area (Å²) in [6.07, 6.45) is 0.716. The predicted molar refractivity (Wildman–Crippen MR) is 67.4 cm³/mol. The van der Waals surface area contributed by atoms with Crippen LogP contribution in [0.15, 0.2) is 18.2 Å². The van der Waals surface area contributed by atoms with Crippen LogP contribution in [0.2, 0.25) is 0 Å². The average molecular weight is 248 g/mol. The summed E-state index contributed by atoms with van der Waals surface area (Å²) < 4.78 is 5.57. The van der Waals surface area contributed by atoms with E-state index in [4.69, 9.17) is 10.00 Å². The highest BCUT2D eigenvalue weighted by atomic mass is 16.6. The van der Waals surface area contributed by atoms with E-state index in [0.717, 1.165) is 6.42 Å². The highest BCUT2D eigenvalue weighted by Crippen LogP contribution is 2.29. The minimum Gasteiger partial charge on any atom is -0.484 e. The number of hydrogen-bond donors (Lipinski definition) is 0. The van der Waals surface area contributed by atoms with Crippen molar-refractivity contribution in [3.8, 4) is 11.8 Å². The summed E-state index contributed by atoms with van der Waals surface area (Å²) in [6, 6.07) is 6.11. The summed E-state index contributed by atoms with van der Waals surface area (Å²) in [5.74, 6) is 0.671. The number of nitro benzene ring substituents is 1. The van der Waals surface area contributed by atoms with Gasteiger partial charge in [-0.15, -0.1) is 0 Å². The van der Waals surface area contributed by atoms with Gasteiger partial charge in [-0.1, -0.05) is 13.8 Å². The Morgan fingerprint density at radius 3 is 2.61 bits per heavy atom. The third-order valence-corrected chi connectivity index (χ3v) is 2.42. The van der Waals surface area contributed by atoms with Crippen LogP contribution in [0, 0.1) is 27.4 Å². The molecule has 1 aromatic carbocycles. The molecule has 0 N–H and O–H groups in total. The number of nitro groups is 1. The van der Waals surface area contributed by atoms with E-state index in [9.17, 15) is 10.1 Å². The topological polar surface area (TPSA) is 76.2 Å². The number of benzene rings is 1. The SMILES string of the molecule is CC(C)CC(C)Oc1ccc(C#N)cc1[N+](=O)[O-]. The van der Waals surface area contributed by atoms with E-state index < -0.39 is 4.92 Å². The first kappa shape index (κ1) is 14.0. The lowest BCUT2D eigenvalue weighted by atomic mass is 10.1. The fourth-order valence-electron chi connectivity index (χ4n) is 1.76. The van der Waals surface area contributed by atoms with Gasteiger partial charge in [-0.3, -0.25) is 10.1 Å². The van der Waals surface area contributed by atoms with Gasteiger partial charge in [-0.2, -0.15) is 5.26 Å². The van der Waals surface area contributed by atoms with Crippen LogP contribution in [0.25, 0.3) is 0 Å². The zero-order valence-corrected chi connectivity index (χ0v) is 10.7. The third kappa shape index (κ3) is 3.74. The zero-order chi connectivity index (χ0) is 13.7. The van der Waals surface area contributed by atoms with Gasteiger partial charge in [0.1, 0.15) is 0 Å². The fourth-order valence-corrected chi connectivity index (χ4v) is 1.76. The summed E-state index contributed by atoms with van der Waals surface area (Å²) in [5.41, 5.74) is 0.0928. The highest BCUT2D eigenvalue weighted by Gasteiger charge is 2.18. The molecule has 1 unspecified atom stereocenters. The Hall–Kier alpha value is -2.09. The molecule has 0 saturated carbocycles. The Morgan fingerprint density at radius 1 is 1.44 bits per heavy atom. The van der Waals surface area contributed by atoms with E-state index in [0.29, 0.717) is 5.92 Å². The van der Waals surface area contributed by atoms with E-state index >= 15 is 0 Å². The van der Waals surface area contributed by atoms with Crippen LogP contribution < -0.4 is 4.74 Å². The van der Waals surface area contributed by atoms with E-state index in [1.165, 1.54) is 18.2 Å². The second-order valence-corrected chi connectivity index (χ2v) is 4.61. The molecule has 1 aromatic rings. The Morgan fingerprint density at radius 2 is 2.11 bits per heavy atom. The Bertz CT molecular complexity index is 478. The standard InChI is InChI=1S/C13H16N2O3/c1-9(2)6-10(3)18-13-5-4-11(8-14)7-12(13)15(16)17/h4-5,7,9-10H,6H2,1-3H3. The van der Waals surface area contributed by atoms with Crippen molar-refractivity contribution in [2.75, 3.05) is 0 Å². The summed E-state index contributed by atoms with van der Waals surface area (Å²) in [5, 5.41) is 19.6. The zero-order valence-electron chi connectivity index (χ0n) is 10.7. The van der Waals surface area contributed by atoms with Gasteiger partial charge in [0, 0.05) is 6.07 Å². The maximum Gasteiger partial charge on any atom is 0.312 e. The molecular weight excluding hydrogens is 232 g/mol. The lowest BCUT2D eigenvalue weighted by Gasteiger charge is -2.16. The number of hydrogen-bond acceptors (Lipinski definition) is 4. The fraction of sp³-hybridized carbons (Fsp3) is 0.462. The first-order valence-electron chi connectivity index (χ1n) is 5.79. The minimum absolute atomic E-state index is 0.100. The quantitative estimate of drug-likeness (QED) is 0.591. The number of nitriles is 1. The van der Waals surface area contributed by atoms with Gasteiger partial charge in [0.2, 0.25) is 0 Å². The molecule has 0 amide bonds. The van der Waals surface area contributed by atoms with Gasteiger partial charge < -0.3 is 4.74 Å². The van der Waals surface area contributed by atoms with Crippen LogP contribution in [0.1, 0.15) is 32.8 Å². The lowest BCUT2D eigenvalue weighted by Crippen LogP contribution is -2.15. The maximum atomic E-state index is 10.9. The molecule has 18 heavy (non-hydrogen) atoms. The Kier molecular flexibility index (Phi) is 4.67. The number of nitrogens with zero attached hydrogens (tertiary/aromatic N) is 2. The van der Waals surface area contributed by atoms with Crippen molar-refractivity contribution in [2.45, 2.75) is 33.3 Å². The summed E-state index contributed by atoms with van der Waals surface area (Å²) >= 11 is 0. The molecule has 0 aliphatic carbocycles. The molecule has 1 atom stereocenters. The molecule has 0 aromatic heterocycles. The molecule has 0 radical (unpaired) electrons. The Labute approximate surface area is 106 Å². The predicted octanol–water partition coefficient (Wildman–Crippen LogP) is 3.28. The smallest absolute Gasteiger partial charge is 0.312 e. The minimum atomic E-state index is -0.529. The third-order valence-electron chi connectivity index (χ3n) is 2.42. The van der Waals surface area contributed by atoms with E-state index in [-0.39, 0.29) is 23.1 Å². The lowest BCUT2D eigenvalue weighted by molar-refractivity contribution is -0.386. The van der Waals surface area contributed by atoms with Gasteiger partial charge in [-0.05, 0) is 31.4 Å². The first-order chi connectivity index (χ1) is 8.43. The molecule has 0 fully saturated rings. The second kappa shape index (κ2) is 6.01. The number of rotatable bonds is 5. The molecule has 5 heteroatoms. The van der Waals surface area contributed by atoms with Crippen molar-refractivity contribution < 1.29 is 9.66 Å². The van der Waals surface area contributed by atoms with Crippen molar-refractivity contribution in [1.29, 1.82) is 5.26 Å². The monoisotopic (exact) mass is 248 g/mol. The largest absolute Gasteiger partial charge is 0.484 e. The van der Waals surface area contributed by atoms with Crippen LogP contribution in [-0.4, -0.2) is 11.0 Å². The summed E-state index contributed by atoms with van der Waals surface area (Å²) in [4.78, 5) is 10.4. The summed E-state index contributed by atoms with van der Waals surface area (Å²) in [7, 11) is 0. The number of ether oxygens (including phenoxy) is 1. The molecule has 96 valence electrons. The van der Waals surface area contributed by atoms with Gasteiger partial charge >= 0.3 is 5.69 Å². The molecule has 0 heterocycles. The highest BCUT2D eigenvalue weighted by molar-refractivity contribution is 5.51. The molecule has 0 aliphatic heterocycles. The van der Waals surface area contributed by atoms with Crippen LogP contribution in [-0.2, 0) is 0 Å². The molecule has 1 rings (SSSR count). The van der Waals surface area contributed by atoms with Gasteiger partial charge in [0.05, 0.1) is 22.7 Å². The molecule has 0 spiro atoms. The second-order valence-electron chi connectivity index (χ2n) is 4.61. The maximum absolute atomic E-state index is 10.9. The van der Waals surface area contributed by atoms with Gasteiger partial charge in [0.15, 0.2) is 5.75 Å². The summed E-state index contributed by atoms with van der Waals surface area (Å²) in [6.45, 7) is 6.00. The van der Waals surface area contributed by atoms with Crippen molar-refractivity contribution in [1.82, 2.24) is 0 Å². The van der Waals surface area contributed by atoms with E-state index in [1.807, 2.05) is 13.0 Å². The van der Waals surface area contributed by atoms with Crippen molar-refractivity contribution in [3.05, 3.63) is 33.9 Å². The molecular formula is C13H16N2O3. The molecule has 0 aliphatic rings. The van der Waals surface area contributed by atoms with E-state index in [1.54, 1.807) is 0 Å². The van der Waals surface area contributed by atoms with Gasteiger partial charge in [0.25, 0.3) is 0 Å². The van der Waals surface area contributed by atoms with Crippen LogP contribution in [0.4, 0.5) is 5.69 Å². The average Bonchev–Trinajstić information content (AvgIpc) is 2.28. The molecule has 0 saturated heterocycles. The Balaban J connectivity index is 2.95. The molecule has 5 nitrogen and oxygen atoms in total. The van der Waals surface area contributed by atoms with Gasteiger partial charge in [-0.25, -0.2) is 0 Å². The first-order valence-corrected chi connectivity index (χ1v) is 5.79. The normalized spacial score (nSPS) is 11.9. The van der Waals surface area contributed by atoms with E-state index in [2.05, 4.69) is 13.8 Å². The van der Waals surface area contributed by atoms with Crippen molar-refractivity contribution in [2.24, 2.45) is 5.92 Å². The van der Waals surface area contributed by atoms with Crippen LogP contribution in [0.5, 0.6) is 5.75 Å². The van der Waals surface area contributed by atoms with Crippen LogP contribution >= 0.6 is 0 Å². The van der Waals surface area contributed by atoms with Crippen molar-refractivity contribution in [3.63, 3.8) is 0 Å². The van der Waals surface area contributed by atoms with Crippen molar-refractivity contribution >= 4 is 5.69 Å². The van der Waals surface area contributed by atoms with Crippen LogP contribution in [0.3, 0.4) is 0 Å². The molecule has 0 bridgehead atoms.